The van der Waals surface area contributed by atoms with Crippen LogP contribution in [0.1, 0.15) is 38.3 Å². The smallest absolute Gasteiger partial charge is 0.250 e. The van der Waals surface area contributed by atoms with Gasteiger partial charge in [-0.15, -0.1) is 0 Å². The molecule has 0 saturated carbocycles. The molecular weight excluding hydrogens is 460 g/mol. The van der Waals surface area contributed by atoms with Crippen LogP contribution in [0.5, 0.6) is 0 Å². The molecule has 0 aliphatic carbocycles. The molecule has 3 aromatic rings. The van der Waals surface area contributed by atoms with Crippen molar-refractivity contribution in [2.75, 3.05) is 24.5 Å². The molecule has 4 rings (SSSR count). The SMILES string of the molecule is CCC(O)CNS(=O)(=O)/C(C#N)=C/c1ccc(-c2ccc3cc(N4CCCCC4)ccc3c2)n1C. The quantitative estimate of drug-likeness (QED) is 0.455. The molecular formula is C27H32N4O3S. The van der Waals surface area contributed by atoms with Gasteiger partial charge in [0.1, 0.15) is 6.07 Å². The number of nitrogens with zero attached hydrogens (tertiary/aromatic N) is 3. The number of anilines is 1. The molecule has 2 aromatic carbocycles. The Balaban J connectivity index is 1.60. The van der Waals surface area contributed by atoms with Crippen molar-refractivity contribution in [3.63, 3.8) is 0 Å². The summed E-state index contributed by atoms with van der Waals surface area (Å²) in [4.78, 5) is 2.06. The van der Waals surface area contributed by atoms with Crippen molar-refractivity contribution in [3.05, 3.63) is 59.1 Å². The number of nitrogens with one attached hydrogen (secondary N) is 1. The summed E-state index contributed by atoms with van der Waals surface area (Å²) in [5, 5.41) is 21.5. The fraction of sp³-hybridized carbons (Fsp3) is 0.370. The highest BCUT2D eigenvalue weighted by molar-refractivity contribution is 7.93. The van der Waals surface area contributed by atoms with E-state index in [0.717, 1.165) is 29.7 Å². The van der Waals surface area contributed by atoms with Crippen LogP contribution in [0.2, 0.25) is 0 Å². The largest absolute Gasteiger partial charge is 0.392 e. The van der Waals surface area contributed by atoms with Gasteiger partial charge in [0.25, 0.3) is 10.0 Å². The van der Waals surface area contributed by atoms with Crippen LogP contribution in [-0.2, 0) is 17.1 Å². The second-order valence-corrected chi connectivity index (χ2v) is 10.8. The number of aromatic nitrogens is 1. The molecule has 1 saturated heterocycles. The lowest BCUT2D eigenvalue weighted by Gasteiger charge is -2.29. The van der Waals surface area contributed by atoms with E-state index in [1.807, 2.05) is 17.7 Å². The summed E-state index contributed by atoms with van der Waals surface area (Å²) < 4.78 is 29.3. The number of allylic oxidation sites excluding steroid dienone is 1. The Morgan fingerprint density at radius 1 is 1.11 bits per heavy atom. The standard InChI is InChI=1S/C27H32N4O3S/c1-3-25(32)19-29-35(33,34)26(18-28)17-23-11-12-27(30(23)2)22-8-7-21-16-24(10-9-20(21)15-22)31-13-5-4-6-14-31/h7-12,15-17,25,29,32H,3-6,13-14,19H2,1-2H3/b26-17+. The van der Waals surface area contributed by atoms with Gasteiger partial charge in [-0.3, -0.25) is 0 Å². The van der Waals surface area contributed by atoms with E-state index in [9.17, 15) is 18.8 Å². The molecule has 1 unspecified atom stereocenters. The molecule has 2 N–H and O–H groups in total. The third-order valence-corrected chi connectivity index (χ3v) is 8.00. The third-order valence-electron chi connectivity index (χ3n) is 6.66. The molecule has 0 spiro atoms. The molecule has 0 amide bonds. The van der Waals surface area contributed by atoms with Gasteiger partial charge in [-0.05, 0) is 78.4 Å². The number of hydrogen-bond donors (Lipinski definition) is 2. The molecule has 2 heterocycles. The fourth-order valence-corrected chi connectivity index (χ4v) is 5.40. The van der Waals surface area contributed by atoms with Gasteiger partial charge in [0.05, 0.1) is 6.10 Å². The van der Waals surface area contributed by atoms with E-state index in [1.165, 1.54) is 36.4 Å². The maximum absolute atomic E-state index is 12.5. The molecule has 0 bridgehead atoms. The highest BCUT2D eigenvalue weighted by atomic mass is 32.2. The number of piperidine rings is 1. The van der Waals surface area contributed by atoms with Crippen LogP contribution in [0.25, 0.3) is 28.1 Å². The summed E-state index contributed by atoms with van der Waals surface area (Å²) in [6, 6.07) is 18.4. The zero-order chi connectivity index (χ0) is 25.0. The number of rotatable bonds is 8. The van der Waals surface area contributed by atoms with Crippen LogP contribution in [0, 0.1) is 11.3 Å². The highest BCUT2D eigenvalue weighted by Gasteiger charge is 2.19. The van der Waals surface area contributed by atoms with Crippen molar-refractivity contribution in [1.82, 2.24) is 9.29 Å². The first-order valence-electron chi connectivity index (χ1n) is 12.1. The minimum atomic E-state index is -4.02. The maximum atomic E-state index is 12.5. The molecule has 1 fully saturated rings. The molecule has 1 aliphatic rings. The lowest BCUT2D eigenvalue weighted by atomic mass is 10.0. The van der Waals surface area contributed by atoms with E-state index in [4.69, 9.17) is 0 Å². The molecule has 0 radical (unpaired) electrons. The van der Waals surface area contributed by atoms with Gasteiger partial charge < -0.3 is 14.6 Å². The fourth-order valence-electron chi connectivity index (χ4n) is 4.44. The van der Waals surface area contributed by atoms with Gasteiger partial charge in [0.15, 0.2) is 4.91 Å². The number of hydrogen-bond acceptors (Lipinski definition) is 5. The second kappa shape index (κ2) is 10.6. The van der Waals surface area contributed by atoms with E-state index in [-0.39, 0.29) is 6.54 Å². The van der Waals surface area contributed by atoms with Crippen LogP contribution >= 0.6 is 0 Å². The van der Waals surface area contributed by atoms with Crippen molar-refractivity contribution < 1.29 is 13.5 Å². The topological polar surface area (TPSA) is 98.4 Å². The number of fused-ring (bicyclic) bond motifs is 1. The third kappa shape index (κ3) is 5.59. The Morgan fingerprint density at radius 3 is 2.54 bits per heavy atom. The summed E-state index contributed by atoms with van der Waals surface area (Å²) in [6.07, 6.45) is 4.77. The Labute approximate surface area is 207 Å². The molecule has 35 heavy (non-hydrogen) atoms. The van der Waals surface area contributed by atoms with Crippen LogP contribution < -0.4 is 9.62 Å². The average Bonchev–Trinajstić information content (AvgIpc) is 3.25. The molecule has 1 atom stereocenters. The first kappa shape index (κ1) is 25.0. The van der Waals surface area contributed by atoms with E-state index >= 15 is 0 Å². The molecule has 1 aliphatic heterocycles. The van der Waals surface area contributed by atoms with Crippen molar-refractivity contribution in [3.8, 4) is 17.3 Å². The molecule has 8 heteroatoms. The minimum Gasteiger partial charge on any atom is -0.392 e. The normalized spacial score (nSPS) is 15.8. The van der Waals surface area contributed by atoms with Crippen molar-refractivity contribution in [1.29, 1.82) is 5.26 Å². The lowest BCUT2D eigenvalue weighted by Crippen LogP contribution is -2.32. The van der Waals surface area contributed by atoms with E-state index in [2.05, 4.69) is 46.0 Å². The van der Waals surface area contributed by atoms with E-state index in [1.54, 1.807) is 19.1 Å². The molecule has 7 nitrogen and oxygen atoms in total. The van der Waals surface area contributed by atoms with Crippen LogP contribution in [0.15, 0.2) is 53.4 Å². The van der Waals surface area contributed by atoms with Crippen LogP contribution in [0.3, 0.4) is 0 Å². The summed E-state index contributed by atoms with van der Waals surface area (Å²) in [6.45, 7) is 3.84. The second-order valence-electron chi connectivity index (χ2n) is 9.03. The van der Waals surface area contributed by atoms with Crippen molar-refractivity contribution in [2.45, 2.75) is 38.7 Å². The van der Waals surface area contributed by atoms with E-state index in [0.29, 0.717) is 12.1 Å². The summed E-state index contributed by atoms with van der Waals surface area (Å²) >= 11 is 0. The zero-order valence-electron chi connectivity index (χ0n) is 20.2. The van der Waals surface area contributed by atoms with Gasteiger partial charge in [0.2, 0.25) is 0 Å². The van der Waals surface area contributed by atoms with Gasteiger partial charge in [-0.25, -0.2) is 13.1 Å². The molecule has 184 valence electrons. The van der Waals surface area contributed by atoms with Gasteiger partial charge >= 0.3 is 0 Å². The number of aliphatic hydroxyl groups is 1. The number of benzene rings is 2. The predicted octanol–water partition coefficient (Wildman–Crippen LogP) is 4.39. The minimum absolute atomic E-state index is 0.132. The number of nitriles is 1. The first-order valence-corrected chi connectivity index (χ1v) is 13.5. The van der Waals surface area contributed by atoms with Gasteiger partial charge in [-0.1, -0.05) is 25.1 Å². The highest BCUT2D eigenvalue weighted by Crippen LogP contribution is 2.30. The van der Waals surface area contributed by atoms with Gasteiger partial charge in [0, 0.05) is 43.8 Å². The van der Waals surface area contributed by atoms with Crippen LogP contribution in [0.4, 0.5) is 5.69 Å². The van der Waals surface area contributed by atoms with Crippen molar-refractivity contribution >= 4 is 32.6 Å². The summed E-state index contributed by atoms with van der Waals surface area (Å²) in [5.41, 5.74) is 3.79. The number of sulfonamides is 1. The predicted molar refractivity (Wildman–Crippen MR) is 141 cm³/mol. The molecule has 1 aromatic heterocycles. The van der Waals surface area contributed by atoms with Crippen LogP contribution in [-0.4, -0.2) is 43.8 Å². The average molecular weight is 493 g/mol. The monoisotopic (exact) mass is 492 g/mol. The Morgan fingerprint density at radius 2 is 1.83 bits per heavy atom. The van der Waals surface area contributed by atoms with E-state index < -0.39 is 21.0 Å². The lowest BCUT2D eigenvalue weighted by molar-refractivity contribution is 0.174. The zero-order valence-corrected chi connectivity index (χ0v) is 21.1. The van der Waals surface area contributed by atoms with Gasteiger partial charge in [-0.2, -0.15) is 5.26 Å². The number of aliphatic hydroxyl groups excluding tert-OH is 1. The van der Waals surface area contributed by atoms with Crippen molar-refractivity contribution in [2.24, 2.45) is 7.05 Å². The Kier molecular flexibility index (Phi) is 7.60. The Hall–Kier alpha value is -3.12. The maximum Gasteiger partial charge on any atom is 0.250 e. The first-order chi connectivity index (χ1) is 16.8. The summed E-state index contributed by atoms with van der Waals surface area (Å²) in [7, 11) is -2.17. The summed E-state index contributed by atoms with van der Waals surface area (Å²) in [5.74, 6) is 0. The Bertz CT molecular complexity index is 1380.